The third-order valence-corrected chi connectivity index (χ3v) is 6.77. The molecule has 0 aliphatic heterocycles. The van der Waals surface area contributed by atoms with Gasteiger partial charge in [-0.15, -0.1) is 0 Å². The van der Waals surface area contributed by atoms with Crippen molar-refractivity contribution in [3.63, 3.8) is 0 Å². The molecule has 0 aliphatic carbocycles. The molecule has 1 unspecified atom stereocenters. The minimum atomic E-state index is -4.60. The molecule has 1 rings (SSSR count). The van der Waals surface area contributed by atoms with E-state index in [2.05, 4.69) is 16.4 Å². The minimum absolute atomic E-state index is 0.139. The molecule has 1 heterocycles. The predicted octanol–water partition coefficient (Wildman–Crippen LogP) is 7.23. The Labute approximate surface area is 224 Å². The van der Waals surface area contributed by atoms with Gasteiger partial charge in [0.25, 0.3) is 0 Å². The van der Waals surface area contributed by atoms with Gasteiger partial charge in [-0.05, 0) is 18.1 Å². The van der Waals surface area contributed by atoms with Gasteiger partial charge in [0.05, 0.1) is 25.4 Å². The van der Waals surface area contributed by atoms with E-state index in [4.69, 9.17) is 24.5 Å². The second kappa shape index (κ2) is 22.6. The summed E-state index contributed by atoms with van der Waals surface area (Å²) in [6.07, 6.45) is 23.4. The van der Waals surface area contributed by atoms with Crippen molar-refractivity contribution in [2.24, 2.45) is 0 Å². The Morgan fingerprint density at radius 1 is 0.865 bits per heavy atom. The Balaban J connectivity index is 2.04. The van der Waals surface area contributed by atoms with Crippen LogP contribution in [0.3, 0.4) is 0 Å². The maximum absolute atomic E-state index is 11.1. The van der Waals surface area contributed by atoms with Gasteiger partial charge in [0.2, 0.25) is 0 Å². The number of ether oxygens (including phenoxy) is 2. The molecular formula is C28H49N2O6P. The molecule has 8 nitrogen and oxygen atoms in total. The predicted molar refractivity (Wildman–Crippen MR) is 146 cm³/mol. The molecule has 2 N–H and O–H groups in total. The van der Waals surface area contributed by atoms with Crippen molar-refractivity contribution in [3.05, 3.63) is 29.6 Å². The number of unbranched alkanes of at least 4 members (excludes halogenated alkanes) is 15. The van der Waals surface area contributed by atoms with E-state index in [0.717, 1.165) is 12.8 Å². The highest BCUT2D eigenvalue weighted by Crippen LogP contribution is 2.35. The van der Waals surface area contributed by atoms with E-state index >= 15 is 0 Å². The van der Waals surface area contributed by atoms with E-state index in [1.165, 1.54) is 96.1 Å². The Hall–Kier alpha value is -1.33. The third-order valence-electron chi connectivity index (χ3n) is 6.28. The lowest BCUT2D eigenvalue weighted by atomic mass is 10.0. The normalized spacial score (nSPS) is 12.5. The lowest BCUT2D eigenvalue weighted by molar-refractivity contribution is -0.0494. The van der Waals surface area contributed by atoms with Crippen LogP contribution in [0.15, 0.2) is 18.5 Å². The second-order valence-electron chi connectivity index (χ2n) is 9.79. The highest BCUT2D eigenvalue weighted by Gasteiger charge is 2.19. The fourth-order valence-corrected chi connectivity index (χ4v) is 4.49. The molecule has 37 heavy (non-hydrogen) atoms. The monoisotopic (exact) mass is 540 g/mol. The van der Waals surface area contributed by atoms with Crippen LogP contribution in [0.1, 0.15) is 121 Å². The molecule has 0 fully saturated rings. The lowest BCUT2D eigenvalue weighted by Crippen LogP contribution is -2.25. The van der Waals surface area contributed by atoms with Gasteiger partial charge in [-0.3, -0.25) is 9.51 Å². The van der Waals surface area contributed by atoms with Crippen LogP contribution in [0.2, 0.25) is 0 Å². The average molecular weight is 541 g/mol. The molecule has 0 aromatic carbocycles. The van der Waals surface area contributed by atoms with E-state index < -0.39 is 13.9 Å². The molecule has 0 amide bonds. The van der Waals surface area contributed by atoms with Crippen molar-refractivity contribution < 1.29 is 28.3 Å². The summed E-state index contributed by atoms with van der Waals surface area (Å²) in [5.74, 6) is 0. The SMILES string of the molecule is CCCCCCCCCCCCCCCCCCOCC(COP(=O)(O)O)OCc1cncc(C#N)c1. The molecule has 0 radical (unpaired) electrons. The van der Waals surface area contributed by atoms with Crippen LogP contribution in [-0.4, -0.2) is 40.7 Å². The Morgan fingerprint density at radius 2 is 1.41 bits per heavy atom. The topological polar surface area (TPSA) is 122 Å². The third kappa shape index (κ3) is 21.3. The molecule has 1 aromatic heterocycles. The molecule has 0 aliphatic rings. The van der Waals surface area contributed by atoms with Crippen LogP contribution < -0.4 is 0 Å². The summed E-state index contributed by atoms with van der Waals surface area (Å²) in [5, 5.41) is 8.98. The van der Waals surface area contributed by atoms with Gasteiger partial charge in [-0.1, -0.05) is 103 Å². The molecular weight excluding hydrogens is 491 g/mol. The summed E-state index contributed by atoms with van der Waals surface area (Å²) >= 11 is 0. The first kappa shape index (κ1) is 33.7. The van der Waals surface area contributed by atoms with E-state index in [1.807, 2.05) is 6.07 Å². The number of rotatable bonds is 25. The van der Waals surface area contributed by atoms with Gasteiger partial charge in [0.15, 0.2) is 0 Å². The highest BCUT2D eigenvalue weighted by atomic mass is 31.2. The zero-order chi connectivity index (χ0) is 27.0. The van der Waals surface area contributed by atoms with Crippen molar-refractivity contribution in [1.82, 2.24) is 4.98 Å². The van der Waals surface area contributed by atoms with Gasteiger partial charge < -0.3 is 19.3 Å². The summed E-state index contributed by atoms with van der Waals surface area (Å²) in [6, 6.07) is 3.68. The Kier molecular flexibility index (Phi) is 20.6. The first-order valence-corrected chi connectivity index (χ1v) is 15.7. The van der Waals surface area contributed by atoms with Gasteiger partial charge in [-0.2, -0.15) is 5.26 Å². The number of pyridine rings is 1. The summed E-state index contributed by atoms with van der Waals surface area (Å²) in [4.78, 5) is 22.0. The maximum Gasteiger partial charge on any atom is 0.469 e. The molecule has 1 aromatic rings. The second-order valence-corrected chi connectivity index (χ2v) is 11.0. The number of aromatic nitrogens is 1. The quantitative estimate of drug-likeness (QED) is 0.0984. The molecule has 9 heteroatoms. The van der Waals surface area contributed by atoms with E-state index in [9.17, 15) is 4.57 Å². The van der Waals surface area contributed by atoms with Crippen LogP contribution in [0.5, 0.6) is 0 Å². The van der Waals surface area contributed by atoms with Gasteiger partial charge >= 0.3 is 7.82 Å². The molecule has 0 saturated carbocycles. The van der Waals surface area contributed by atoms with E-state index in [-0.39, 0.29) is 19.8 Å². The van der Waals surface area contributed by atoms with Crippen molar-refractivity contribution in [1.29, 1.82) is 5.26 Å². The lowest BCUT2D eigenvalue weighted by Gasteiger charge is -2.18. The number of hydrogen-bond acceptors (Lipinski definition) is 6. The molecule has 1 atom stereocenters. The van der Waals surface area contributed by atoms with Gasteiger partial charge in [0, 0.05) is 19.0 Å². The first-order valence-electron chi connectivity index (χ1n) is 14.2. The minimum Gasteiger partial charge on any atom is -0.379 e. The smallest absolute Gasteiger partial charge is 0.379 e. The Morgan fingerprint density at radius 3 is 1.92 bits per heavy atom. The van der Waals surface area contributed by atoms with Crippen molar-refractivity contribution >= 4 is 7.82 Å². The average Bonchev–Trinajstić information content (AvgIpc) is 2.88. The number of phosphoric acid groups is 1. The van der Waals surface area contributed by atoms with Gasteiger partial charge in [0.1, 0.15) is 12.2 Å². The zero-order valence-electron chi connectivity index (χ0n) is 22.8. The Bertz CT molecular complexity index is 767. The standard InChI is InChI=1S/C28H49N2O6P/c1-2-3-4-5-6-7-8-9-10-11-12-13-14-15-16-17-18-34-24-28(25-36-37(31,32)33)35-23-27-19-26(20-29)21-30-22-27/h19,21-22,28H,2-18,23-25H2,1H3,(H2,31,32,33). The number of nitrogens with zero attached hydrogens (tertiary/aromatic N) is 2. The fourth-order valence-electron chi connectivity index (χ4n) is 4.13. The number of hydrogen-bond donors (Lipinski definition) is 2. The van der Waals surface area contributed by atoms with E-state index in [0.29, 0.717) is 17.7 Å². The van der Waals surface area contributed by atoms with Gasteiger partial charge in [-0.25, -0.2) is 4.57 Å². The largest absolute Gasteiger partial charge is 0.469 e. The first-order chi connectivity index (χ1) is 17.9. The summed E-state index contributed by atoms with van der Waals surface area (Å²) < 4.78 is 27.1. The summed E-state index contributed by atoms with van der Waals surface area (Å²) in [6.45, 7) is 2.86. The zero-order valence-corrected chi connectivity index (χ0v) is 23.7. The maximum atomic E-state index is 11.1. The summed E-state index contributed by atoms with van der Waals surface area (Å²) in [7, 11) is -4.60. The number of nitriles is 1. The highest BCUT2D eigenvalue weighted by molar-refractivity contribution is 7.46. The molecule has 0 bridgehead atoms. The fraction of sp³-hybridized carbons (Fsp3) is 0.786. The van der Waals surface area contributed by atoms with Crippen LogP contribution >= 0.6 is 7.82 Å². The molecule has 0 saturated heterocycles. The van der Waals surface area contributed by atoms with Crippen molar-refractivity contribution in [3.8, 4) is 6.07 Å². The van der Waals surface area contributed by atoms with Crippen molar-refractivity contribution in [2.75, 3.05) is 19.8 Å². The van der Waals surface area contributed by atoms with Crippen LogP contribution in [0.4, 0.5) is 0 Å². The molecule has 212 valence electrons. The van der Waals surface area contributed by atoms with Crippen LogP contribution in [0, 0.1) is 11.3 Å². The summed E-state index contributed by atoms with van der Waals surface area (Å²) in [5.41, 5.74) is 1.11. The molecule has 0 spiro atoms. The van der Waals surface area contributed by atoms with Crippen LogP contribution in [-0.2, 0) is 25.2 Å². The van der Waals surface area contributed by atoms with E-state index in [1.54, 1.807) is 12.3 Å². The number of phosphoric ester groups is 1. The van der Waals surface area contributed by atoms with Crippen LogP contribution in [0.25, 0.3) is 0 Å². The van der Waals surface area contributed by atoms with Crippen molar-refractivity contribution in [2.45, 2.75) is 122 Å².